The van der Waals surface area contributed by atoms with Crippen molar-refractivity contribution in [3.05, 3.63) is 59.8 Å². The second-order valence-corrected chi connectivity index (χ2v) is 4.72. The number of carbonyl (C=O) groups excluding carboxylic acids is 1. The van der Waals surface area contributed by atoms with Gasteiger partial charge in [-0.2, -0.15) is 0 Å². The molecule has 0 aliphatic heterocycles. The molecule has 0 unspecified atom stereocenters. The van der Waals surface area contributed by atoms with E-state index in [4.69, 9.17) is 4.74 Å². The number of anilines is 1. The van der Waals surface area contributed by atoms with E-state index in [-0.39, 0.29) is 12.5 Å². The van der Waals surface area contributed by atoms with E-state index in [1.165, 1.54) is 5.56 Å². The van der Waals surface area contributed by atoms with Crippen LogP contribution in [0.15, 0.2) is 48.7 Å². The maximum absolute atomic E-state index is 11.6. The molecule has 1 N–H and O–H groups in total. The Morgan fingerprint density at radius 2 is 1.90 bits per heavy atom. The van der Waals surface area contributed by atoms with Crippen LogP contribution in [0.3, 0.4) is 0 Å². The number of rotatable bonds is 7. The third kappa shape index (κ3) is 5.36. The minimum atomic E-state index is -0.176. The van der Waals surface area contributed by atoms with E-state index in [0.717, 1.165) is 18.4 Å². The Hall–Kier alpha value is -2.20. The Morgan fingerprint density at radius 1 is 1.14 bits per heavy atom. The maximum atomic E-state index is 11.6. The summed E-state index contributed by atoms with van der Waals surface area (Å²) in [4.78, 5) is 15.7. The van der Waals surface area contributed by atoms with Crippen LogP contribution >= 0.6 is 0 Å². The molecule has 4 nitrogen and oxygen atoms in total. The molecule has 1 amide bonds. The van der Waals surface area contributed by atoms with Crippen molar-refractivity contribution >= 4 is 11.7 Å². The number of pyridine rings is 1. The van der Waals surface area contributed by atoms with Gasteiger partial charge in [-0.25, -0.2) is 4.98 Å². The number of nitrogens with zero attached hydrogens (tertiary/aromatic N) is 1. The predicted octanol–water partition coefficient (Wildman–Crippen LogP) is 2.84. The van der Waals surface area contributed by atoms with Crippen LogP contribution in [-0.2, 0) is 22.4 Å². The molecular weight excluding hydrogens is 264 g/mol. The molecule has 0 atom stereocenters. The van der Waals surface area contributed by atoms with Crippen LogP contribution in [0, 0.1) is 0 Å². The van der Waals surface area contributed by atoms with Gasteiger partial charge in [-0.15, -0.1) is 0 Å². The quantitative estimate of drug-likeness (QED) is 0.850. The van der Waals surface area contributed by atoms with E-state index < -0.39 is 0 Å². The van der Waals surface area contributed by atoms with Gasteiger partial charge in [0.1, 0.15) is 12.4 Å². The van der Waals surface area contributed by atoms with Gasteiger partial charge in [0, 0.05) is 12.8 Å². The van der Waals surface area contributed by atoms with Crippen molar-refractivity contribution < 1.29 is 9.53 Å². The van der Waals surface area contributed by atoms with Crippen LogP contribution < -0.4 is 5.32 Å². The Labute approximate surface area is 125 Å². The zero-order chi connectivity index (χ0) is 14.9. The molecule has 0 saturated carbocycles. The maximum Gasteiger partial charge on any atom is 0.251 e. The van der Waals surface area contributed by atoms with E-state index >= 15 is 0 Å². The largest absolute Gasteiger partial charge is 0.372 e. The first-order chi connectivity index (χ1) is 10.3. The molecule has 1 aromatic heterocycles. The third-order valence-corrected chi connectivity index (χ3v) is 3.07. The van der Waals surface area contributed by atoms with Gasteiger partial charge in [-0.3, -0.25) is 4.79 Å². The molecule has 0 radical (unpaired) electrons. The molecule has 0 saturated heterocycles. The molecule has 0 aliphatic carbocycles. The Morgan fingerprint density at radius 3 is 2.67 bits per heavy atom. The number of hydrogen-bond donors (Lipinski definition) is 1. The summed E-state index contributed by atoms with van der Waals surface area (Å²) >= 11 is 0. The second kappa shape index (κ2) is 8.17. The van der Waals surface area contributed by atoms with E-state index in [9.17, 15) is 4.79 Å². The first-order valence-electron chi connectivity index (χ1n) is 7.14. The Bertz CT molecular complexity index is 570. The summed E-state index contributed by atoms with van der Waals surface area (Å²) in [6.45, 7) is 2.44. The number of benzene rings is 1. The molecule has 1 aromatic carbocycles. The summed E-state index contributed by atoms with van der Waals surface area (Å²) in [5, 5.41) is 2.74. The molecular formula is C17H20N2O2. The van der Waals surface area contributed by atoms with Crippen molar-refractivity contribution in [2.75, 3.05) is 18.5 Å². The summed E-state index contributed by atoms with van der Waals surface area (Å²) in [5.41, 5.74) is 2.46. The van der Waals surface area contributed by atoms with Gasteiger partial charge in [0.25, 0.3) is 5.91 Å². The van der Waals surface area contributed by atoms with Gasteiger partial charge in [-0.05, 0) is 43.0 Å². The van der Waals surface area contributed by atoms with E-state index in [0.29, 0.717) is 12.4 Å². The highest BCUT2D eigenvalue weighted by molar-refractivity contribution is 5.90. The number of nitrogens with one attached hydrogen (secondary N) is 1. The van der Waals surface area contributed by atoms with Gasteiger partial charge < -0.3 is 10.1 Å². The number of carbonyl (C=O) groups is 1. The average Bonchev–Trinajstić information content (AvgIpc) is 2.52. The topological polar surface area (TPSA) is 51.2 Å². The van der Waals surface area contributed by atoms with Crippen molar-refractivity contribution in [1.29, 1.82) is 0 Å². The Balaban J connectivity index is 1.90. The minimum Gasteiger partial charge on any atom is -0.372 e. The zero-order valence-electron chi connectivity index (χ0n) is 12.2. The standard InChI is InChI=1S/C17H20N2O2/c1-2-21-13-17(20)19-16-12-15(10-11-18-16)9-8-14-6-4-3-5-7-14/h3-7,10-12H,2,8-9,13H2,1H3,(H,18,19,20). The second-order valence-electron chi connectivity index (χ2n) is 4.72. The third-order valence-electron chi connectivity index (χ3n) is 3.07. The zero-order valence-corrected chi connectivity index (χ0v) is 12.2. The van der Waals surface area contributed by atoms with Crippen molar-refractivity contribution in [3.8, 4) is 0 Å². The lowest BCUT2D eigenvalue weighted by Crippen LogP contribution is -2.19. The van der Waals surface area contributed by atoms with Crippen molar-refractivity contribution in [3.63, 3.8) is 0 Å². The normalized spacial score (nSPS) is 10.3. The van der Waals surface area contributed by atoms with Crippen LogP contribution in [-0.4, -0.2) is 24.1 Å². The molecule has 110 valence electrons. The fourth-order valence-electron chi connectivity index (χ4n) is 2.01. The monoisotopic (exact) mass is 284 g/mol. The first-order valence-corrected chi connectivity index (χ1v) is 7.14. The summed E-state index contributed by atoms with van der Waals surface area (Å²) in [5.74, 6) is 0.398. The molecule has 2 aromatic rings. The average molecular weight is 284 g/mol. The number of aryl methyl sites for hydroxylation is 2. The SMILES string of the molecule is CCOCC(=O)Nc1cc(CCc2ccccc2)ccn1. The number of aromatic nitrogens is 1. The van der Waals surface area contributed by atoms with Crippen molar-refractivity contribution in [2.45, 2.75) is 19.8 Å². The molecule has 2 rings (SSSR count). The lowest BCUT2D eigenvalue weighted by atomic mass is 10.1. The highest BCUT2D eigenvalue weighted by Gasteiger charge is 2.04. The van der Waals surface area contributed by atoms with Crippen molar-refractivity contribution in [1.82, 2.24) is 4.98 Å². The van der Waals surface area contributed by atoms with Gasteiger partial charge in [0.2, 0.25) is 0 Å². The predicted molar refractivity (Wildman–Crippen MR) is 83.2 cm³/mol. The van der Waals surface area contributed by atoms with Crippen LogP contribution in [0.5, 0.6) is 0 Å². The number of hydrogen-bond acceptors (Lipinski definition) is 3. The van der Waals surface area contributed by atoms with Gasteiger partial charge in [0.15, 0.2) is 0 Å². The fourth-order valence-corrected chi connectivity index (χ4v) is 2.01. The van der Waals surface area contributed by atoms with Crippen LogP contribution in [0.2, 0.25) is 0 Å². The molecule has 0 spiro atoms. The lowest BCUT2D eigenvalue weighted by molar-refractivity contribution is -0.120. The van der Waals surface area contributed by atoms with E-state index in [2.05, 4.69) is 22.4 Å². The van der Waals surface area contributed by atoms with Gasteiger partial charge in [0.05, 0.1) is 0 Å². The van der Waals surface area contributed by atoms with Crippen LogP contribution in [0.1, 0.15) is 18.1 Å². The summed E-state index contributed by atoms with van der Waals surface area (Å²) in [7, 11) is 0. The summed E-state index contributed by atoms with van der Waals surface area (Å²) in [6.07, 6.45) is 3.61. The summed E-state index contributed by atoms with van der Waals surface area (Å²) < 4.78 is 5.06. The highest BCUT2D eigenvalue weighted by atomic mass is 16.5. The molecule has 0 fully saturated rings. The lowest BCUT2D eigenvalue weighted by Gasteiger charge is -2.07. The van der Waals surface area contributed by atoms with Gasteiger partial charge in [-0.1, -0.05) is 30.3 Å². The minimum absolute atomic E-state index is 0.0619. The smallest absolute Gasteiger partial charge is 0.251 e. The van der Waals surface area contributed by atoms with Gasteiger partial charge >= 0.3 is 0 Å². The molecule has 0 aliphatic rings. The molecule has 1 heterocycles. The summed E-state index contributed by atoms with van der Waals surface area (Å²) in [6, 6.07) is 14.2. The van der Waals surface area contributed by atoms with Crippen LogP contribution in [0.4, 0.5) is 5.82 Å². The highest BCUT2D eigenvalue weighted by Crippen LogP contribution is 2.10. The molecule has 21 heavy (non-hydrogen) atoms. The number of amides is 1. The fraction of sp³-hybridized carbons (Fsp3) is 0.294. The van der Waals surface area contributed by atoms with Crippen LogP contribution in [0.25, 0.3) is 0 Å². The number of ether oxygens (including phenoxy) is 1. The Kier molecular flexibility index (Phi) is 5.91. The first kappa shape index (κ1) is 15.2. The molecule has 4 heteroatoms. The molecule has 0 bridgehead atoms. The van der Waals surface area contributed by atoms with E-state index in [1.54, 1.807) is 6.20 Å². The van der Waals surface area contributed by atoms with Crippen molar-refractivity contribution in [2.24, 2.45) is 0 Å². The van der Waals surface area contributed by atoms with E-state index in [1.807, 2.05) is 37.3 Å².